The third kappa shape index (κ3) is 4.05. The Hall–Kier alpha value is -3.82. The number of fused-ring (bicyclic) bond motifs is 2. The molecule has 2 bridgehead atoms. The number of nitrogens with zero attached hydrogens (tertiary/aromatic N) is 5. The molecule has 3 unspecified atom stereocenters. The summed E-state index contributed by atoms with van der Waals surface area (Å²) in [5.74, 6) is 0.530. The van der Waals surface area contributed by atoms with Crippen LogP contribution >= 0.6 is 0 Å². The maximum atomic E-state index is 12.4. The maximum Gasteiger partial charge on any atom is 0.408 e. The lowest BCUT2D eigenvalue weighted by atomic mass is 10.1. The first kappa shape index (κ1) is 19.9. The monoisotopic (exact) mass is 404 g/mol. The summed E-state index contributed by atoms with van der Waals surface area (Å²) in [7, 11) is 0. The molecule has 3 rings (SSSR count). The summed E-state index contributed by atoms with van der Waals surface area (Å²) in [6, 6.07) is 0. The maximum absolute atomic E-state index is 12.4. The first-order valence-electron chi connectivity index (χ1n) is 8.60. The lowest BCUT2D eigenvalue weighted by Gasteiger charge is -2.19. The van der Waals surface area contributed by atoms with Gasteiger partial charge in [0.2, 0.25) is 12.2 Å². The predicted molar refractivity (Wildman–Crippen MR) is 94.2 cm³/mol. The van der Waals surface area contributed by atoms with Gasteiger partial charge in [-0.3, -0.25) is 0 Å². The van der Waals surface area contributed by atoms with Gasteiger partial charge in [0, 0.05) is 5.92 Å². The molecule has 1 heterocycles. The van der Waals surface area contributed by atoms with Gasteiger partial charge in [0.1, 0.15) is 26.1 Å². The standard InChI is InChI=1S/C16H16N6O7/c23-8-17-5-20-14(26)21(6-18-9-24)16(28)22(15(20)27)7-19-13(25)29-12-4-10-1-2-11(12)3-10/h1-2,10-12H,3-7H2,(H,19,25). The van der Waals surface area contributed by atoms with E-state index in [1.165, 1.54) is 12.2 Å². The molecule has 152 valence electrons. The van der Waals surface area contributed by atoms with E-state index in [4.69, 9.17) is 4.74 Å². The van der Waals surface area contributed by atoms with Crippen LogP contribution in [0.3, 0.4) is 0 Å². The zero-order valence-corrected chi connectivity index (χ0v) is 15.0. The van der Waals surface area contributed by atoms with Crippen molar-refractivity contribution in [3.8, 4) is 0 Å². The van der Waals surface area contributed by atoms with Crippen LogP contribution < -0.4 is 22.4 Å². The molecule has 13 nitrogen and oxygen atoms in total. The van der Waals surface area contributed by atoms with Crippen molar-refractivity contribution in [3.05, 3.63) is 43.6 Å². The van der Waals surface area contributed by atoms with Gasteiger partial charge in [-0.2, -0.15) is 9.98 Å². The summed E-state index contributed by atoms with van der Waals surface area (Å²) in [4.78, 5) is 76.0. The Balaban J connectivity index is 1.82. The third-order valence-electron chi connectivity index (χ3n) is 4.80. The number of allylic oxidation sites excluding steroid dienone is 1. The Bertz CT molecular complexity index is 1060. The smallest absolute Gasteiger partial charge is 0.408 e. The Labute approximate surface area is 161 Å². The zero-order valence-electron chi connectivity index (χ0n) is 15.0. The number of carbonyl (C=O) groups excluding carboxylic acids is 3. The van der Waals surface area contributed by atoms with E-state index in [0.29, 0.717) is 26.0 Å². The van der Waals surface area contributed by atoms with Crippen LogP contribution in [-0.4, -0.2) is 38.1 Å². The highest BCUT2D eigenvalue weighted by Gasteiger charge is 2.38. The van der Waals surface area contributed by atoms with E-state index in [1.54, 1.807) is 0 Å². The van der Waals surface area contributed by atoms with Gasteiger partial charge >= 0.3 is 23.2 Å². The van der Waals surface area contributed by atoms with Crippen molar-refractivity contribution in [2.75, 3.05) is 0 Å². The second-order valence-electron chi connectivity index (χ2n) is 6.47. The average Bonchev–Trinajstić information content (AvgIpc) is 3.31. The molecule has 1 amide bonds. The highest BCUT2D eigenvalue weighted by atomic mass is 16.6. The molecule has 13 heteroatoms. The van der Waals surface area contributed by atoms with Crippen LogP contribution in [0.5, 0.6) is 0 Å². The molecular weight excluding hydrogens is 388 g/mol. The van der Waals surface area contributed by atoms with Gasteiger partial charge in [0.15, 0.2) is 0 Å². The molecule has 3 atom stereocenters. The largest absolute Gasteiger partial charge is 0.446 e. The van der Waals surface area contributed by atoms with Crippen LogP contribution in [0, 0.1) is 11.8 Å². The Morgan fingerprint density at radius 1 is 1.00 bits per heavy atom. The van der Waals surface area contributed by atoms with E-state index in [9.17, 15) is 28.8 Å². The average molecular weight is 404 g/mol. The molecule has 1 aromatic rings. The van der Waals surface area contributed by atoms with Crippen LogP contribution in [0.15, 0.2) is 36.5 Å². The SMILES string of the molecule is O=C=NCn1c(=O)n(CN=C=O)c(=O)n(CNC(=O)OC2CC3C=CC2C3)c1=O. The fourth-order valence-electron chi connectivity index (χ4n) is 3.45. The third-order valence-corrected chi connectivity index (χ3v) is 4.80. The van der Waals surface area contributed by atoms with E-state index in [2.05, 4.69) is 21.4 Å². The number of isocyanates is 2. The molecule has 1 fully saturated rings. The van der Waals surface area contributed by atoms with Crippen LogP contribution in [-0.2, 0) is 34.3 Å². The molecule has 1 saturated carbocycles. The fraction of sp³-hybridized carbons (Fsp3) is 0.500. The highest BCUT2D eigenvalue weighted by Crippen LogP contribution is 2.40. The summed E-state index contributed by atoms with van der Waals surface area (Å²) in [6.45, 7) is -2.01. The van der Waals surface area contributed by atoms with Gasteiger partial charge in [-0.05, 0) is 18.8 Å². The molecule has 0 aliphatic heterocycles. The topological polar surface area (TPSA) is 163 Å². The molecule has 2 aliphatic rings. The van der Waals surface area contributed by atoms with E-state index >= 15 is 0 Å². The number of ether oxygens (including phenoxy) is 1. The molecule has 0 radical (unpaired) electrons. The summed E-state index contributed by atoms with van der Waals surface area (Å²) in [6.07, 6.45) is 6.93. The molecule has 1 aromatic heterocycles. The Morgan fingerprint density at radius 3 is 2.07 bits per heavy atom. The van der Waals surface area contributed by atoms with Gasteiger partial charge in [-0.15, -0.1) is 0 Å². The number of alkyl carbamates (subject to hydrolysis) is 1. The summed E-state index contributed by atoms with van der Waals surface area (Å²) in [5, 5.41) is 2.29. The van der Waals surface area contributed by atoms with Gasteiger partial charge in [-0.1, -0.05) is 12.2 Å². The molecule has 29 heavy (non-hydrogen) atoms. The Kier molecular flexibility index (Phi) is 5.82. The molecule has 0 spiro atoms. The van der Waals surface area contributed by atoms with E-state index in [1.807, 2.05) is 6.08 Å². The number of hydrogen-bond acceptors (Lipinski definition) is 9. The van der Waals surface area contributed by atoms with Crippen molar-refractivity contribution in [2.45, 2.75) is 39.0 Å². The van der Waals surface area contributed by atoms with Crippen LogP contribution in [0.25, 0.3) is 0 Å². The van der Waals surface area contributed by atoms with Crippen molar-refractivity contribution in [1.82, 2.24) is 19.0 Å². The first-order chi connectivity index (χ1) is 14.0. The lowest BCUT2D eigenvalue weighted by molar-refractivity contribution is 0.0814. The van der Waals surface area contributed by atoms with Gasteiger partial charge in [-0.25, -0.2) is 42.5 Å². The minimum Gasteiger partial charge on any atom is -0.446 e. The van der Waals surface area contributed by atoms with Crippen LogP contribution in [0.2, 0.25) is 0 Å². The summed E-state index contributed by atoms with van der Waals surface area (Å²) in [5.41, 5.74) is -3.37. The van der Waals surface area contributed by atoms with Crippen molar-refractivity contribution in [3.63, 3.8) is 0 Å². The second kappa shape index (κ2) is 8.46. The van der Waals surface area contributed by atoms with Crippen molar-refractivity contribution >= 4 is 18.3 Å². The molecule has 0 aromatic carbocycles. The summed E-state index contributed by atoms with van der Waals surface area (Å²) < 4.78 is 6.76. The lowest BCUT2D eigenvalue weighted by Crippen LogP contribution is -2.56. The van der Waals surface area contributed by atoms with Crippen molar-refractivity contribution < 1.29 is 19.1 Å². The number of nitrogens with one attached hydrogen (secondary N) is 1. The number of rotatable bonds is 7. The normalized spacial score (nSPS) is 21.3. The minimum absolute atomic E-state index is 0.148. The van der Waals surface area contributed by atoms with Gasteiger partial charge in [0.05, 0.1) is 0 Å². The van der Waals surface area contributed by atoms with Gasteiger partial charge in [0.25, 0.3) is 0 Å². The predicted octanol–water partition coefficient (Wildman–Crippen LogP) is -1.59. The molecular formula is C16H16N6O7. The van der Waals surface area contributed by atoms with E-state index < -0.39 is 43.2 Å². The number of aliphatic imine (C=N–C) groups is 2. The van der Waals surface area contributed by atoms with Crippen molar-refractivity contribution in [1.29, 1.82) is 0 Å². The fourth-order valence-corrected chi connectivity index (χ4v) is 3.45. The second-order valence-corrected chi connectivity index (χ2v) is 6.47. The molecule has 2 aliphatic carbocycles. The number of carbonyl (C=O) groups is 1. The minimum atomic E-state index is -1.13. The number of hydrogen-bond donors (Lipinski definition) is 1. The van der Waals surface area contributed by atoms with Gasteiger partial charge < -0.3 is 10.1 Å². The summed E-state index contributed by atoms with van der Waals surface area (Å²) >= 11 is 0. The van der Waals surface area contributed by atoms with Crippen molar-refractivity contribution in [2.24, 2.45) is 21.8 Å². The Morgan fingerprint density at radius 2 is 1.59 bits per heavy atom. The zero-order chi connectivity index (χ0) is 21.0. The quantitative estimate of drug-likeness (QED) is 0.325. The highest BCUT2D eigenvalue weighted by molar-refractivity contribution is 5.67. The van der Waals surface area contributed by atoms with Crippen LogP contribution in [0.1, 0.15) is 12.8 Å². The van der Waals surface area contributed by atoms with Crippen LogP contribution in [0.4, 0.5) is 4.79 Å². The van der Waals surface area contributed by atoms with E-state index in [-0.39, 0.29) is 12.0 Å². The molecule has 1 N–H and O–H groups in total. The number of amides is 1. The first-order valence-corrected chi connectivity index (χ1v) is 8.60. The van der Waals surface area contributed by atoms with E-state index in [0.717, 1.165) is 6.42 Å². The molecule has 0 saturated heterocycles. The number of aromatic nitrogens is 3.